The topological polar surface area (TPSA) is 106 Å². The number of aryl methyl sites for hydroxylation is 1. The molecular formula is C24H24FN5O2. The summed E-state index contributed by atoms with van der Waals surface area (Å²) in [6.45, 7) is 0.879. The summed E-state index contributed by atoms with van der Waals surface area (Å²) in [7, 11) is 0. The third-order valence-electron chi connectivity index (χ3n) is 6.72. The molecule has 0 unspecified atom stereocenters. The molecule has 5 rings (SSSR count). The first-order valence-corrected chi connectivity index (χ1v) is 10.9. The lowest BCUT2D eigenvalue weighted by Crippen LogP contribution is -2.41. The van der Waals surface area contributed by atoms with Crippen LogP contribution in [0.3, 0.4) is 0 Å². The highest BCUT2D eigenvalue weighted by Crippen LogP contribution is 2.48. The zero-order chi connectivity index (χ0) is 22.3. The number of fused-ring (bicyclic) bond motifs is 1. The van der Waals surface area contributed by atoms with Crippen molar-refractivity contribution in [3.8, 4) is 11.8 Å². The number of nitrogens with zero attached hydrogens (tertiary/aromatic N) is 3. The van der Waals surface area contributed by atoms with Crippen LogP contribution < -0.4 is 21.2 Å². The zero-order valence-electron chi connectivity index (χ0n) is 17.7. The maximum absolute atomic E-state index is 15.4. The van der Waals surface area contributed by atoms with Crippen LogP contribution in [0, 0.1) is 17.1 Å². The minimum atomic E-state index is -0.711. The predicted molar refractivity (Wildman–Crippen MR) is 120 cm³/mol. The van der Waals surface area contributed by atoms with Gasteiger partial charge in [-0.05, 0) is 43.4 Å². The van der Waals surface area contributed by atoms with Crippen LogP contribution in [0.25, 0.3) is 10.9 Å². The van der Waals surface area contributed by atoms with Gasteiger partial charge >= 0.3 is 0 Å². The molecule has 1 aliphatic heterocycles. The molecule has 1 fully saturated rings. The quantitative estimate of drug-likeness (QED) is 0.470. The van der Waals surface area contributed by atoms with E-state index >= 15 is 4.39 Å². The van der Waals surface area contributed by atoms with Crippen LogP contribution in [0.15, 0.2) is 35.5 Å². The number of pyridine rings is 2. The fourth-order valence-electron chi connectivity index (χ4n) is 5.05. The van der Waals surface area contributed by atoms with Gasteiger partial charge in [-0.2, -0.15) is 5.26 Å². The van der Waals surface area contributed by atoms with E-state index in [2.05, 4.69) is 10.3 Å². The van der Waals surface area contributed by atoms with Gasteiger partial charge in [0.05, 0.1) is 22.1 Å². The first kappa shape index (κ1) is 20.3. The fourth-order valence-corrected chi connectivity index (χ4v) is 5.05. The normalized spacial score (nSPS) is 16.1. The molecule has 3 N–H and O–H groups in total. The molecule has 1 spiro atoms. The molecule has 1 saturated carbocycles. The van der Waals surface area contributed by atoms with Gasteiger partial charge in [0.2, 0.25) is 5.43 Å². The maximum Gasteiger partial charge on any atom is 0.209 e. The molecule has 0 saturated heterocycles. The van der Waals surface area contributed by atoms with E-state index in [9.17, 15) is 10.1 Å². The largest absolute Gasteiger partial charge is 0.487 e. The average molecular weight is 433 g/mol. The van der Waals surface area contributed by atoms with Crippen molar-refractivity contribution in [1.82, 2.24) is 9.55 Å². The summed E-state index contributed by atoms with van der Waals surface area (Å²) in [6, 6.07) is 5.86. The molecule has 7 nitrogen and oxygen atoms in total. The van der Waals surface area contributed by atoms with Crippen molar-refractivity contribution >= 4 is 22.3 Å². The molecule has 0 amide bonds. The number of aromatic nitrogens is 2. The summed E-state index contributed by atoms with van der Waals surface area (Å²) in [4.78, 5) is 17.0. The number of halogens is 1. The Hall–Kier alpha value is -3.60. The number of nitrogens with two attached hydrogens (primary N) is 1. The van der Waals surface area contributed by atoms with E-state index in [4.69, 9.17) is 10.5 Å². The van der Waals surface area contributed by atoms with Gasteiger partial charge in [0, 0.05) is 25.1 Å². The Balaban J connectivity index is 1.58. The van der Waals surface area contributed by atoms with Gasteiger partial charge in [0.25, 0.3) is 0 Å². The highest BCUT2D eigenvalue weighted by molar-refractivity contribution is 6.01. The van der Waals surface area contributed by atoms with Crippen LogP contribution >= 0.6 is 0 Å². The number of anilines is 2. The number of rotatable bonds is 5. The third-order valence-corrected chi connectivity index (χ3v) is 6.72. The lowest BCUT2D eigenvalue weighted by Gasteiger charge is -2.39. The van der Waals surface area contributed by atoms with E-state index < -0.39 is 11.2 Å². The number of hydrogen-bond donors (Lipinski definition) is 2. The molecule has 1 aliphatic carbocycles. The van der Waals surface area contributed by atoms with Gasteiger partial charge < -0.3 is 20.4 Å². The average Bonchev–Trinajstić information content (AvgIpc) is 3.28. The van der Waals surface area contributed by atoms with E-state index in [-0.39, 0.29) is 27.9 Å². The van der Waals surface area contributed by atoms with Crippen molar-refractivity contribution in [2.75, 3.05) is 24.2 Å². The number of hydrogen-bond acceptors (Lipinski definition) is 6. The lowest BCUT2D eigenvalue weighted by atomic mass is 9.93. The van der Waals surface area contributed by atoms with Gasteiger partial charge in [-0.25, -0.2) is 4.39 Å². The molecule has 8 heteroatoms. The molecule has 0 bridgehead atoms. The summed E-state index contributed by atoms with van der Waals surface area (Å²) >= 11 is 0. The van der Waals surface area contributed by atoms with Crippen LogP contribution in [0.4, 0.5) is 15.8 Å². The van der Waals surface area contributed by atoms with E-state index in [1.807, 2.05) is 22.8 Å². The Morgan fingerprint density at radius 2 is 2.06 bits per heavy atom. The fraction of sp³-hybridized carbons (Fsp3) is 0.375. The first-order chi connectivity index (χ1) is 15.6. The molecule has 0 atom stereocenters. The van der Waals surface area contributed by atoms with E-state index in [1.165, 1.54) is 0 Å². The second-order valence-corrected chi connectivity index (χ2v) is 8.62. The highest BCUT2D eigenvalue weighted by Gasteiger charge is 2.42. The number of nitriles is 1. The van der Waals surface area contributed by atoms with Crippen LogP contribution in [-0.2, 0) is 12.0 Å². The van der Waals surface area contributed by atoms with Crippen molar-refractivity contribution in [2.24, 2.45) is 0 Å². The molecule has 2 aromatic heterocycles. The molecule has 32 heavy (non-hydrogen) atoms. The Morgan fingerprint density at radius 1 is 1.31 bits per heavy atom. The molecule has 0 radical (unpaired) electrons. The van der Waals surface area contributed by atoms with Crippen molar-refractivity contribution in [3.63, 3.8) is 0 Å². The molecule has 2 aliphatic rings. The van der Waals surface area contributed by atoms with Crippen molar-refractivity contribution in [1.29, 1.82) is 5.26 Å². The summed E-state index contributed by atoms with van der Waals surface area (Å²) in [5.41, 5.74) is 6.79. The Morgan fingerprint density at radius 3 is 2.78 bits per heavy atom. The van der Waals surface area contributed by atoms with Crippen LogP contribution in [-0.4, -0.2) is 22.7 Å². The Kier molecular flexibility index (Phi) is 4.97. The van der Waals surface area contributed by atoms with Gasteiger partial charge in [-0.1, -0.05) is 12.8 Å². The molecule has 3 aromatic rings. The summed E-state index contributed by atoms with van der Waals surface area (Å²) < 4.78 is 23.5. The van der Waals surface area contributed by atoms with Gasteiger partial charge in [0.1, 0.15) is 23.9 Å². The Bertz CT molecular complexity index is 1290. The smallest absolute Gasteiger partial charge is 0.209 e. The second-order valence-electron chi connectivity index (χ2n) is 8.62. The van der Waals surface area contributed by atoms with E-state index in [1.54, 1.807) is 18.6 Å². The number of nitrogens with one attached hydrogen (secondary N) is 1. The third kappa shape index (κ3) is 3.08. The highest BCUT2D eigenvalue weighted by atomic mass is 19.1. The first-order valence-electron chi connectivity index (χ1n) is 10.9. The van der Waals surface area contributed by atoms with Crippen LogP contribution in [0.1, 0.15) is 43.2 Å². The molecule has 3 heterocycles. The van der Waals surface area contributed by atoms with Crippen molar-refractivity contribution in [2.45, 2.75) is 44.1 Å². The van der Waals surface area contributed by atoms with Crippen molar-refractivity contribution in [3.05, 3.63) is 57.9 Å². The van der Waals surface area contributed by atoms with Gasteiger partial charge in [-0.3, -0.25) is 9.78 Å². The van der Waals surface area contributed by atoms with Gasteiger partial charge in [0.15, 0.2) is 11.6 Å². The lowest BCUT2D eigenvalue weighted by molar-refractivity contribution is 0.143. The molecule has 164 valence electrons. The predicted octanol–water partition coefficient (Wildman–Crippen LogP) is 3.70. The number of ether oxygens (including phenoxy) is 1. The van der Waals surface area contributed by atoms with Crippen LogP contribution in [0.5, 0.6) is 5.75 Å². The van der Waals surface area contributed by atoms with Gasteiger partial charge in [-0.15, -0.1) is 0 Å². The standard InChI is InChI=1S/C24H24FN5O2/c25-18-19(27)17-21-23(20(18)29-9-3-4-15-5-10-28-11-6-15)32-14-24(7-1-2-8-24)30(21)13-16(12-26)22(17)31/h5-6,10-11,13,29H,1-4,7-9,14,27H2. The maximum atomic E-state index is 15.4. The summed E-state index contributed by atoms with van der Waals surface area (Å²) in [6.07, 6.45) is 10.5. The van der Waals surface area contributed by atoms with Crippen LogP contribution in [0.2, 0.25) is 0 Å². The minimum Gasteiger partial charge on any atom is -0.487 e. The zero-order valence-corrected chi connectivity index (χ0v) is 17.7. The monoisotopic (exact) mass is 433 g/mol. The number of nitrogen functional groups attached to an aromatic ring is 1. The SMILES string of the molecule is N#Cc1cn2c3c(c(NCCCc4ccncc4)c(F)c(N)c3c1=O)OCC21CCCC1. The minimum absolute atomic E-state index is 0.0271. The van der Waals surface area contributed by atoms with E-state index in [0.29, 0.717) is 24.4 Å². The molecule has 1 aromatic carbocycles. The second kappa shape index (κ2) is 7.83. The summed E-state index contributed by atoms with van der Waals surface area (Å²) in [5, 5.41) is 12.7. The van der Waals surface area contributed by atoms with Crippen molar-refractivity contribution < 1.29 is 9.13 Å². The molecular weight excluding hydrogens is 409 g/mol. The van der Waals surface area contributed by atoms with E-state index in [0.717, 1.165) is 44.1 Å². The number of benzene rings is 1. The summed E-state index contributed by atoms with van der Waals surface area (Å²) in [5.74, 6) is -0.410. The Labute approximate surface area is 184 Å².